The van der Waals surface area contributed by atoms with Crippen molar-refractivity contribution in [2.75, 3.05) is 11.9 Å². The molecule has 1 N–H and O–H groups in total. The van der Waals surface area contributed by atoms with Crippen molar-refractivity contribution >= 4 is 46.7 Å². The van der Waals surface area contributed by atoms with Gasteiger partial charge in [-0.3, -0.25) is 14.9 Å². The number of nitrogens with zero attached hydrogens (tertiary/aromatic N) is 2. The van der Waals surface area contributed by atoms with E-state index in [0.29, 0.717) is 21.3 Å². The summed E-state index contributed by atoms with van der Waals surface area (Å²) in [6, 6.07) is 10.5. The third-order valence-corrected chi connectivity index (χ3v) is 3.14. The molecule has 2 aromatic rings. The highest BCUT2D eigenvalue weighted by Crippen LogP contribution is 2.22. The number of halogens is 2. The van der Waals surface area contributed by atoms with Crippen LogP contribution in [0, 0.1) is 10.1 Å². The third kappa shape index (κ3) is 5.53. The van der Waals surface area contributed by atoms with Gasteiger partial charge in [0.15, 0.2) is 6.61 Å². The minimum atomic E-state index is -0.512. The topological polar surface area (TPSA) is 93.8 Å². The zero-order valence-corrected chi connectivity index (χ0v) is 13.6. The van der Waals surface area contributed by atoms with E-state index in [1.807, 2.05) is 0 Å². The molecule has 0 fully saturated rings. The van der Waals surface area contributed by atoms with Gasteiger partial charge < -0.3 is 10.2 Å². The Morgan fingerprint density at radius 1 is 1.25 bits per heavy atom. The number of nitro groups is 1. The molecule has 1 amide bonds. The van der Waals surface area contributed by atoms with Crippen LogP contribution < -0.4 is 5.32 Å². The molecule has 0 aromatic heterocycles. The van der Waals surface area contributed by atoms with Crippen molar-refractivity contribution in [1.29, 1.82) is 0 Å². The van der Waals surface area contributed by atoms with Crippen LogP contribution in [0.1, 0.15) is 5.56 Å². The van der Waals surface area contributed by atoms with E-state index < -0.39 is 10.8 Å². The largest absolute Gasteiger partial charge is 0.386 e. The summed E-state index contributed by atoms with van der Waals surface area (Å²) >= 11 is 11.6. The predicted octanol–water partition coefficient (Wildman–Crippen LogP) is 3.89. The lowest BCUT2D eigenvalue weighted by Crippen LogP contribution is -2.16. The van der Waals surface area contributed by atoms with E-state index >= 15 is 0 Å². The molecule has 0 aliphatic rings. The van der Waals surface area contributed by atoms with Gasteiger partial charge in [-0.2, -0.15) is 0 Å². The minimum Gasteiger partial charge on any atom is -0.386 e. The second kappa shape index (κ2) is 8.28. The summed E-state index contributed by atoms with van der Waals surface area (Å²) in [4.78, 5) is 26.7. The van der Waals surface area contributed by atoms with Gasteiger partial charge in [0.2, 0.25) is 0 Å². The van der Waals surface area contributed by atoms with E-state index in [-0.39, 0.29) is 12.3 Å². The Kier molecular flexibility index (Phi) is 6.11. The van der Waals surface area contributed by atoms with Crippen LogP contribution in [0.3, 0.4) is 0 Å². The summed E-state index contributed by atoms with van der Waals surface area (Å²) in [6.07, 6.45) is 1.27. The molecule has 24 heavy (non-hydrogen) atoms. The first-order valence-corrected chi connectivity index (χ1v) is 7.35. The van der Waals surface area contributed by atoms with Crippen LogP contribution in [-0.4, -0.2) is 23.7 Å². The molecule has 0 radical (unpaired) electrons. The van der Waals surface area contributed by atoms with Crippen LogP contribution in [0.25, 0.3) is 0 Å². The molecule has 0 heterocycles. The van der Waals surface area contributed by atoms with Gasteiger partial charge in [-0.25, -0.2) is 0 Å². The second-order valence-electron chi connectivity index (χ2n) is 4.57. The number of rotatable bonds is 6. The van der Waals surface area contributed by atoms with Crippen LogP contribution in [0.15, 0.2) is 47.6 Å². The quantitative estimate of drug-likeness (QED) is 0.476. The van der Waals surface area contributed by atoms with Crippen molar-refractivity contribution in [2.24, 2.45) is 5.16 Å². The Hall–Kier alpha value is -2.64. The molecule has 0 saturated carbocycles. The SMILES string of the molecule is O=C(CO/N=C\c1cccc([N+](=O)[O-])c1)Nc1cc(Cl)cc(Cl)c1. The fourth-order valence-corrected chi connectivity index (χ4v) is 2.26. The molecular formula is C15H11Cl2N3O4. The number of nitrogens with one attached hydrogen (secondary N) is 1. The Bertz CT molecular complexity index is 776. The number of carbonyl (C=O) groups excluding carboxylic acids is 1. The van der Waals surface area contributed by atoms with E-state index in [2.05, 4.69) is 10.5 Å². The van der Waals surface area contributed by atoms with Gasteiger partial charge >= 0.3 is 0 Å². The van der Waals surface area contributed by atoms with E-state index in [1.165, 1.54) is 36.5 Å². The lowest BCUT2D eigenvalue weighted by Gasteiger charge is -2.05. The van der Waals surface area contributed by atoms with Gasteiger partial charge in [-0.1, -0.05) is 40.5 Å². The van der Waals surface area contributed by atoms with E-state index in [1.54, 1.807) is 12.1 Å². The Balaban J connectivity index is 1.86. The highest BCUT2D eigenvalue weighted by atomic mass is 35.5. The molecule has 0 spiro atoms. The van der Waals surface area contributed by atoms with Crippen molar-refractivity contribution in [2.45, 2.75) is 0 Å². The first-order valence-electron chi connectivity index (χ1n) is 6.60. The number of anilines is 1. The first-order chi connectivity index (χ1) is 11.4. The molecule has 7 nitrogen and oxygen atoms in total. The molecule has 0 aliphatic carbocycles. The van der Waals surface area contributed by atoms with Gasteiger partial charge in [0.1, 0.15) is 0 Å². The molecular weight excluding hydrogens is 357 g/mol. The van der Waals surface area contributed by atoms with Crippen molar-refractivity contribution in [3.63, 3.8) is 0 Å². The van der Waals surface area contributed by atoms with E-state index in [4.69, 9.17) is 28.0 Å². The maximum Gasteiger partial charge on any atom is 0.270 e. The van der Waals surface area contributed by atoms with Gasteiger partial charge in [-0.15, -0.1) is 0 Å². The summed E-state index contributed by atoms with van der Waals surface area (Å²) in [5, 5.41) is 17.6. The smallest absolute Gasteiger partial charge is 0.270 e. The second-order valence-corrected chi connectivity index (χ2v) is 5.44. The van der Waals surface area contributed by atoms with Crippen LogP contribution in [0.2, 0.25) is 10.0 Å². The highest BCUT2D eigenvalue weighted by Gasteiger charge is 2.06. The molecule has 0 saturated heterocycles. The summed E-state index contributed by atoms with van der Waals surface area (Å²) in [6.45, 7) is -0.338. The van der Waals surface area contributed by atoms with Gasteiger partial charge in [0.05, 0.1) is 11.1 Å². The molecule has 0 unspecified atom stereocenters. The minimum absolute atomic E-state index is 0.0606. The number of hydrogen-bond donors (Lipinski definition) is 1. The monoisotopic (exact) mass is 367 g/mol. The number of amides is 1. The molecule has 2 aromatic carbocycles. The maximum absolute atomic E-state index is 11.7. The number of benzene rings is 2. The Morgan fingerprint density at radius 2 is 1.96 bits per heavy atom. The molecule has 2 rings (SSSR count). The van der Waals surface area contributed by atoms with Crippen molar-refractivity contribution < 1.29 is 14.6 Å². The lowest BCUT2D eigenvalue weighted by atomic mass is 10.2. The number of hydrogen-bond acceptors (Lipinski definition) is 5. The van der Waals surface area contributed by atoms with Crippen molar-refractivity contribution in [3.05, 3.63) is 68.2 Å². The lowest BCUT2D eigenvalue weighted by molar-refractivity contribution is -0.384. The first kappa shape index (κ1) is 17.7. The summed E-state index contributed by atoms with van der Waals surface area (Å²) in [5.74, 6) is -0.454. The van der Waals surface area contributed by atoms with Crippen molar-refractivity contribution in [1.82, 2.24) is 0 Å². The maximum atomic E-state index is 11.7. The molecule has 0 aliphatic heterocycles. The molecule has 0 bridgehead atoms. The number of carbonyl (C=O) groups is 1. The average Bonchev–Trinajstić information content (AvgIpc) is 2.51. The average molecular weight is 368 g/mol. The zero-order valence-electron chi connectivity index (χ0n) is 12.1. The highest BCUT2D eigenvalue weighted by molar-refractivity contribution is 6.35. The van der Waals surface area contributed by atoms with Crippen LogP contribution in [0.4, 0.5) is 11.4 Å². The third-order valence-electron chi connectivity index (χ3n) is 2.70. The fourth-order valence-electron chi connectivity index (χ4n) is 1.74. The molecule has 124 valence electrons. The van der Waals surface area contributed by atoms with Gasteiger partial charge in [0, 0.05) is 33.4 Å². The van der Waals surface area contributed by atoms with E-state index in [0.717, 1.165) is 0 Å². The van der Waals surface area contributed by atoms with Gasteiger partial charge in [-0.05, 0) is 18.2 Å². The normalized spacial score (nSPS) is 10.6. The van der Waals surface area contributed by atoms with Crippen LogP contribution >= 0.6 is 23.2 Å². The number of nitro benzene ring substituents is 1. The zero-order chi connectivity index (χ0) is 17.5. The van der Waals surface area contributed by atoms with Crippen molar-refractivity contribution in [3.8, 4) is 0 Å². The standard InChI is InChI=1S/C15H11Cl2N3O4/c16-11-5-12(17)7-13(6-11)19-15(21)9-24-18-8-10-2-1-3-14(4-10)20(22)23/h1-8H,9H2,(H,19,21)/b18-8-. The Labute approximate surface area is 147 Å². The fraction of sp³-hybridized carbons (Fsp3) is 0.0667. The van der Waals surface area contributed by atoms with Crippen LogP contribution in [-0.2, 0) is 9.63 Å². The predicted molar refractivity (Wildman–Crippen MR) is 91.7 cm³/mol. The summed E-state index contributed by atoms with van der Waals surface area (Å²) < 4.78 is 0. The summed E-state index contributed by atoms with van der Waals surface area (Å²) in [7, 11) is 0. The van der Waals surface area contributed by atoms with Crippen LogP contribution in [0.5, 0.6) is 0 Å². The molecule has 9 heteroatoms. The number of non-ortho nitro benzene ring substituents is 1. The van der Waals surface area contributed by atoms with Gasteiger partial charge in [0.25, 0.3) is 11.6 Å². The molecule has 0 atom stereocenters. The van der Waals surface area contributed by atoms with E-state index in [9.17, 15) is 14.9 Å². The summed E-state index contributed by atoms with van der Waals surface area (Å²) in [5.41, 5.74) is 0.851. The number of oxime groups is 1. The Morgan fingerprint density at radius 3 is 2.62 bits per heavy atom.